The van der Waals surface area contributed by atoms with Crippen molar-refractivity contribution in [2.75, 3.05) is 10.6 Å². The maximum Gasteiger partial charge on any atom is 0.416 e. The number of hydrogen-bond donors (Lipinski definition) is 3. The quantitative estimate of drug-likeness (QED) is 0.569. The van der Waals surface area contributed by atoms with E-state index in [0.717, 1.165) is 16.6 Å². The van der Waals surface area contributed by atoms with E-state index in [0.29, 0.717) is 16.7 Å². The number of hydrogen-bond acceptors (Lipinski definition) is 2. The number of aromatic amines is 1. The van der Waals surface area contributed by atoms with Crippen LogP contribution in [0.5, 0.6) is 0 Å². The van der Waals surface area contributed by atoms with E-state index in [1.54, 1.807) is 18.5 Å². The Hall–Kier alpha value is -2.55. The second kappa shape index (κ2) is 6.16. The van der Waals surface area contributed by atoms with Crippen LogP contribution in [0.1, 0.15) is 5.56 Å². The molecular formula is C15H10BrF3N4O. The lowest BCUT2D eigenvalue weighted by atomic mass is 10.2. The molecule has 2 heterocycles. The third kappa shape index (κ3) is 3.35. The van der Waals surface area contributed by atoms with Gasteiger partial charge in [0.25, 0.3) is 0 Å². The average Bonchev–Trinajstić information content (AvgIpc) is 2.91. The molecule has 5 nitrogen and oxygen atoms in total. The molecule has 0 radical (unpaired) electrons. The van der Waals surface area contributed by atoms with Crippen LogP contribution in [0.2, 0.25) is 0 Å². The van der Waals surface area contributed by atoms with Gasteiger partial charge in [-0.2, -0.15) is 13.2 Å². The van der Waals surface area contributed by atoms with Crippen molar-refractivity contribution in [3.05, 3.63) is 52.8 Å². The van der Waals surface area contributed by atoms with E-state index in [-0.39, 0.29) is 5.69 Å². The van der Waals surface area contributed by atoms with E-state index >= 15 is 0 Å². The minimum absolute atomic E-state index is 0.248. The Bertz CT molecular complexity index is 890. The topological polar surface area (TPSA) is 69.8 Å². The van der Waals surface area contributed by atoms with Crippen LogP contribution >= 0.6 is 15.9 Å². The summed E-state index contributed by atoms with van der Waals surface area (Å²) in [7, 11) is 0. The summed E-state index contributed by atoms with van der Waals surface area (Å²) in [4.78, 5) is 19.1. The van der Waals surface area contributed by atoms with Crippen LogP contribution in [-0.4, -0.2) is 16.0 Å². The van der Waals surface area contributed by atoms with E-state index in [4.69, 9.17) is 0 Å². The molecule has 3 N–H and O–H groups in total. The Balaban J connectivity index is 1.73. The molecule has 0 bridgehead atoms. The fourth-order valence-corrected chi connectivity index (χ4v) is 2.66. The molecule has 0 fully saturated rings. The first kappa shape index (κ1) is 16.3. The van der Waals surface area contributed by atoms with Crippen molar-refractivity contribution in [2.45, 2.75) is 6.18 Å². The molecule has 3 aromatic rings. The number of halogens is 4. The lowest BCUT2D eigenvalue weighted by Crippen LogP contribution is -2.19. The first-order chi connectivity index (χ1) is 11.3. The summed E-state index contributed by atoms with van der Waals surface area (Å²) < 4.78 is 38.3. The predicted molar refractivity (Wildman–Crippen MR) is 87.9 cm³/mol. The summed E-state index contributed by atoms with van der Waals surface area (Å²) >= 11 is 3.37. The molecule has 9 heteroatoms. The van der Waals surface area contributed by atoms with Crippen molar-refractivity contribution >= 4 is 44.4 Å². The van der Waals surface area contributed by atoms with Gasteiger partial charge in [0.2, 0.25) is 0 Å². The van der Waals surface area contributed by atoms with Crippen molar-refractivity contribution in [1.82, 2.24) is 9.97 Å². The largest absolute Gasteiger partial charge is 0.416 e. The van der Waals surface area contributed by atoms with E-state index in [1.165, 1.54) is 12.1 Å². The number of urea groups is 1. The molecule has 0 aliphatic rings. The highest BCUT2D eigenvalue weighted by atomic mass is 79.9. The SMILES string of the molecule is O=C(Nc1ccc(C(F)(F)F)cc1)Nc1c[nH]c2nccc(Br)c12. The zero-order chi connectivity index (χ0) is 17.3. The van der Waals surface area contributed by atoms with Crippen LogP contribution < -0.4 is 10.6 Å². The van der Waals surface area contributed by atoms with Gasteiger partial charge in [0.05, 0.1) is 16.6 Å². The van der Waals surface area contributed by atoms with Gasteiger partial charge in [-0.3, -0.25) is 0 Å². The number of nitrogens with one attached hydrogen (secondary N) is 3. The monoisotopic (exact) mass is 398 g/mol. The molecule has 0 saturated heterocycles. The zero-order valence-corrected chi connectivity index (χ0v) is 13.5. The molecule has 0 aliphatic carbocycles. The molecule has 0 spiro atoms. The maximum absolute atomic E-state index is 12.5. The number of H-pyrrole nitrogens is 1. The molecular weight excluding hydrogens is 389 g/mol. The molecule has 1 aromatic carbocycles. The van der Waals surface area contributed by atoms with Crippen molar-refractivity contribution in [3.8, 4) is 0 Å². The Labute approximate surface area is 142 Å². The number of fused-ring (bicyclic) bond motifs is 1. The summed E-state index contributed by atoms with van der Waals surface area (Å²) in [6, 6.07) is 5.34. The maximum atomic E-state index is 12.5. The lowest BCUT2D eigenvalue weighted by Gasteiger charge is -2.09. The van der Waals surface area contributed by atoms with Gasteiger partial charge in [0.1, 0.15) is 5.65 Å². The number of nitrogens with zero attached hydrogens (tertiary/aromatic N) is 1. The van der Waals surface area contributed by atoms with Gasteiger partial charge in [-0.1, -0.05) is 0 Å². The van der Waals surface area contributed by atoms with Crippen LogP contribution in [0.3, 0.4) is 0 Å². The Morgan fingerprint density at radius 3 is 2.50 bits per heavy atom. The first-order valence-electron chi connectivity index (χ1n) is 6.71. The van der Waals surface area contributed by atoms with E-state index in [1.807, 2.05) is 0 Å². The predicted octanol–water partition coefficient (Wildman–Crippen LogP) is 4.99. The Morgan fingerprint density at radius 2 is 1.83 bits per heavy atom. The molecule has 3 rings (SSSR count). The standard InChI is InChI=1S/C15H10BrF3N4O/c16-10-5-6-20-13-12(10)11(7-21-13)23-14(24)22-9-3-1-8(2-4-9)15(17,18)19/h1-7H,(H,20,21)(H2,22,23,24). The van der Waals surface area contributed by atoms with E-state index < -0.39 is 17.8 Å². The summed E-state index contributed by atoms with van der Waals surface area (Å²) in [6.07, 6.45) is -1.23. The van der Waals surface area contributed by atoms with Gasteiger partial charge in [-0.15, -0.1) is 0 Å². The number of carbonyl (C=O) groups is 1. The highest BCUT2D eigenvalue weighted by Gasteiger charge is 2.30. The number of carbonyl (C=O) groups excluding carboxylic acids is 1. The number of aromatic nitrogens is 2. The molecule has 0 atom stereocenters. The van der Waals surface area contributed by atoms with Crippen LogP contribution in [0, 0.1) is 0 Å². The summed E-state index contributed by atoms with van der Waals surface area (Å²) in [5.41, 5.74) is 0.557. The average molecular weight is 399 g/mol. The summed E-state index contributed by atoms with van der Waals surface area (Å²) in [5, 5.41) is 5.80. The third-order valence-electron chi connectivity index (χ3n) is 3.24. The first-order valence-corrected chi connectivity index (χ1v) is 7.51. The normalized spacial score (nSPS) is 11.5. The van der Waals surface area contributed by atoms with Gasteiger partial charge >= 0.3 is 12.2 Å². The fourth-order valence-electron chi connectivity index (χ4n) is 2.14. The van der Waals surface area contributed by atoms with Gasteiger partial charge in [-0.05, 0) is 46.3 Å². The molecule has 2 amide bonds. The van der Waals surface area contributed by atoms with Crippen LogP contribution in [0.4, 0.5) is 29.3 Å². The number of amides is 2. The minimum Gasteiger partial charge on any atom is -0.344 e. The van der Waals surface area contributed by atoms with Crippen molar-refractivity contribution in [1.29, 1.82) is 0 Å². The Morgan fingerprint density at radius 1 is 1.12 bits per heavy atom. The summed E-state index contributed by atoms with van der Waals surface area (Å²) in [6.45, 7) is 0. The van der Waals surface area contributed by atoms with Crippen molar-refractivity contribution in [3.63, 3.8) is 0 Å². The molecule has 24 heavy (non-hydrogen) atoms. The molecule has 2 aromatic heterocycles. The van der Waals surface area contributed by atoms with Crippen molar-refractivity contribution in [2.24, 2.45) is 0 Å². The molecule has 0 unspecified atom stereocenters. The second-order valence-electron chi connectivity index (χ2n) is 4.87. The lowest BCUT2D eigenvalue weighted by molar-refractivity contribution is -0.137. The Kier molecular flexibility index (Phi) is 4.18. The van der Waals surface area contributed by atoms with E-state index in [9.17, 15) is 18.0 Å². The smallest absolute Gasteiger partial charge is 0.344 e. The van der Waals surface area contributed by atoms with Gasteiger partial charge in [0, 0.05) is 22.6 Å². The van der Waals surface area contributed by atoms with Crippen LogP contribution in [0.25, 0.3) is 11.0 Å². The molecule has 0 saturated carbocycles. The second-order valence-corrected chi connectivity index (χ2v) is 5.73. The minimum atomic E-state index is -4.41. The van der Waals surface area contributed by atoms with Crippen LogP contribution in [0.15, 0.2) is 47.2 Å². The van der Waals surface area contributed by atoms with Crippen molar-refractivity contribution < 1.29 is 18.0 Å². The zero-order valence-electron chi connectivity index (χ0n) is 11.9. The van der Waals surface area contributed by atoms with Gasteiger partial charge < -0.3 is 15.6 Å². The van der Waals surface area contributed by atoms with Gasteiger partial charge in [-0.25, -0.2) is 9.78 Å². The highest BCUT2D eigenvalue weighted by Crippen LogP contribution is 2.30. The third-order valence-corrected chi connectivity index (χ3v) is 3.90. The number of alkyl halides is 3. The molecule has 0 aliphatic heterocycles. The fraction of sp³-hybridized carbons (Fsp3) is 0.0667. The van der Waals surface area contributed by atoms with Gasteiger partial charge in [0.15, 0.2) is 0 Å². The molecule has 124 valence electrons. The van der Waals surface area contributed by atoms with Crippen LogP contribution in [-0.2, 0) is 6.18 Å². The highest BCUT2D eigenvalue weighted by molar-refractivity contribution is 9.10. The number of rotatable bonds is 2. The number of benzene rings is 1. The number of anilines is 2. The summed E-state index contributed by atoms with van der Waals surface area (Å²) in [5.74, 6) is 0. The number of pyridine rings is 1. The van der Waals surface area contributed by atoms with E-state index in [2.05, 4.69) is 36.5 Å².